The Morgan fingerprint density at radius 3 is 0.870 bits per heavy atom. The first-order valence-corrected chi connectivity index (χ1v) is 20.0. The Morgan fingerprint density at radius 2 is 0.630 bits per heavy atom. The molecule has 0 aromatic heterocycles. The molecular formula is C44H72Br2. The van der Waals surface area contributed by atoms with Crippen molar-refractivity contribution in [2.24, 2.45) is 0 Å². The van der Waals surface area contributed by atoms with E-state index in [0.29, 0.717) is 0 Å². The number of rotatable bonds is 13. The molecule has 0 aliphatic heterocycles. The summed E-state index contributed by atoms with van der Waals surface area (Å²) in [4.78, 5) is 0. The molecule has 0 saturated heterocycles. The summed E-state index contributed by atoms with van der Waals surface area (Å²) in [6, 6.07) is 9.76. The van der Waals surface area contributed by atoms with E-state index in [2.05, 4.69) is 167 Å². The highest BCUT2D eigenvalue weighted by Gasteiger charge is 2.33. The van der Waals surface area contributed by atoms with Gasteiger partial charge in [-0.1, -0.05) is 206 Å². The van der Waals surface area contributed by atoms with Crippen LogP contribution >= 0.6 is 31.9 Å². The average molecular weight is 761 g/mol. The molecule has 0 spiro atoms. The zero-order valence-corrected chi connectivity index (χ0v) is 36.3. The Labute approximate surface area is 304 Å². The van der Waals surface area contributed by atoms with E-state index in [-0.39, 0.29) is 32.5 Å². The van der Waals surface area contributed by atoms with Crippen molar-refractivity contribution in [3.63, 3.8) is 0 Å². The van der Waals surface area contributed by atoms with E-state index in [1.165, 1.54) is 107 Å². The van der Waals surface area contributed by atoms with Crippen LogP contribution in [0.15, 0.2) is 33.2 Å². The smallest absolute Gasteiger partial charge is 0.0218 e. The average Bonchev–Trinajstić information content (AvgIpc) is 2.86. The topological polar surface area (TPSA) is 0 Å². The largest absolute Gasteiger partial charge is 0.0561 e. The van der Waals surface area contributed by atoms with Gasteiger partial charge in [0.15, 0.2) is 0 Å². The van der Waals surface area contributed by atoms with Gasteiger partial charge in [0.05, 0.1) is 0 Å². The maximum Gasteiger partial charge on any atom is 0.0218 e. The quantitative estimate of drug-likeness (QED) is 0.178. The Hall–Kier alpha value is -0.600. The zero-order chi connectivity index (χ0) is 35.5. The minimum Gasteiger partial charge on any atom is -0.0561 e. The second-order valence-electron chi connectivity index (χ2n) is 19.9. The van der Waals surface area contributed by atoms with Gasteiger partial charge in [0.2, 0.25) is 0 Å². The lowest BCUT2D eigenvalue weighted by molar-refractivity contribution is 0.419. The molecule has 2 heteroatoms. The van der Waals surface area contributed by atoms with Gasteiger partial charge in [-0.2, -0.15) is 0 Å². The van der Waals surface area contributed by atoms with Crippen LogP contribution in [0.3, 0.4) is 0 Å². The predicted molar refractivity (Wildman–Crippen MR) is 215 cm³/mol. The van der Waals surface area contributed by atoms with Crippen molar-refractivity contribution in [3.05, 3.63) is 66.6 Å². The highest BCUT2D eigenvalue weighted by Crippen LogP contribution is 2.45. The van der Waals surface area contributed by atoms with Crippen LogP contribution in [0.5, 0.6) is 0 Å². The molecule has 0 amide bonds. The summed E-state index contributed by atoms with van der Waals surface area (Å²) >= 11 is 8.06. The van der Waals surface area contributed by atoms with E-state index in [4.69, 9.17) is 0 Å². The van der Waals surface area contributed by atoms with Gasteiger partial charge in [-0.05, 0) is 90.8 Å². The van der Waals surface area contributed by atoms with Gasteiger partial charge >= 0.3 is 0 Å². The minimum absolute atomic E-state index is 0.119. The fourth-order valence-electron chi connectivity index (χ4n) is 7.08. The zero-order valence-electron chi connectivity index (χ0n) is 33.1. The fourth-order valence-corrected chi connectivity index (χ4v) is 9.08. The first kappa shape index (κ1) is 41.6. The van der Waals surface area contributed by atoms with Gasteiger partial charge in [-0.3, -0.25) is 0 Å². The first-order valence-electron chi connectivity index (χ1n) is 18.4. The second-order valence-corrected chi connectivity index (χ2v) is 21.6. The molecule has 262 valence electrons. The maximum atomic E-state index is 4.03. The van der Waals surface area contributed by atoms with Gasteiger partial charge in [-0.25, -0.2) is 0 Å². The number of halogens is 2. The molecule has 0 saturated carbocycles. The molecule has 0 N–H and O–H groups in total. The third kappa shape index (κ3) is 11.5. The molecule has 0 aliphatic carbocycles. The normalized spacial score (nSPS) is 13.9. The molecule has 2 aromatic carbocycles. The van der Waals surface area contributed by atoms with Crippen LogP contribution in [0.2, 0.25) is 0 Å². The van der Waals surface area contributed by atoms with Crippen LogP contribution < -0.4 is 0 Å². The Morgan fingerprint density at radius 1 is 0.370 bits per heavy atom. The van der Waals surface area contributed by atoms with E-state index in [1.54, 1.807) is 0 Å². The standard InChI is InChI=1S/C44H72Br2/c1-39(2,3)31-27-33(41(7,8)9)37(35(45)29-31)43(13,14)25-23-21-19-17-18-20-22-24-26-44(15,16)38-34(42(10,11)12)28-32(30-36(38)46)40(4,5)6/h27-30H,17-26H2,1-16H3. The summed E-state index contributed by atoms with van der Waals surface area (Å²) in [6.07, 6.45) is 13.2. The predicted octanol–water partition coefficient (Wildman–Crippen LogP) is 15.6. The number of benzene rings is 2. The van der Waals surface area contributed by atoms with Crippen molar-refractivity contribution in [1.29, 1.82) is 0 Å². The molecule has 0 atom stereocenters. The maximum absolute atomic E-state index is 4.03. The van der Waals surface area contributed by atoms with Crippen molar-refractivity contribution < 1.29 is 0 Å². The van der Waals surface area contributed by atoms with E-state index in [0.717, 1.165) is 0 Å². The van der Waals surface area contributed by atoms with Gasteiger partial charge in [0.1, 0.15) is 0 Å². The lowest BCUT2D eigenvalue weighted by Crippen LogP contribution is -2.27. The molecule has 0 aliphatic rings. The highest BCUT2D eigenvalue weighted by molar-refractivity contribution is 9.10. The monoisotopic (exact) mass is 758 g/mol. The third-order valence-corrected chi connectivity index (χ3v) is 11.5. The van der Waals surface area contributed by atoms with Crippen LogP contribution in [-0.4, -0.2) is 0 Å². The summed E-state index contributed by atoms with van der Waals surface area (Å²) in [5.74, 6) is 0. The fraction of sp³-hybridized carbons (Fsp3) is 0.727. The summed E-state index contributed by atoms with van der Waals surface area (Å²) in [5.41, 5.74) is 9.72. The van der Waals surface area contributed by atoms with Gasteiger partial charge in [-0.15, -0.1) is 0 Å². The Bertz CT molecular complexity index is 1180. The second kappa shape index (κ2) is 15.5. The summed E-state index contributed by atoms with van der Waals surface area (Å²) in [7, 11) is 0. The molecule has 2 aromatic rings. The first-order chi connectivity index (χ1) is 20.7. The van der Waals surface area contributed by atoms with Crippen molar-refractivity contribution >= 4 is 31.9 Å². The summed E-state index contributed by atoms with van der Waals surface area (Å²) in [5, 5.41) is 0. The van der Waals surface area contributed by atoms with E-state index < -0.39 is 0 Å². The minimum atomic E-state index is 0.119. The lowest BCUT2D eigenvalue weighted by Gasteiger charge is -2.36. The van der Waals surface area contributed by atoms with Gasteiger partial charge in [0.25, 0.3) is 0 Å². The van der Waals surface area contributed by atoms with Gasteiger partial charge in [0, 0.05) is 8.95 Å². The van der Waals surface area contributed by atoms with Crippen LogP contribution in [0, 0.1) is 0 Å². The van der Waals surface area contributed by atoms with E-state index >= 15 is 0 Å². The van der Waals surface area contributed by atoms with Gasteiger partial charge < -0.3 is 0 Å². The van der Waals surface area contributed by atoms with E-state index in [9.17, 15) is 0 Å². The Balaban J connectivity index is 1.88. The molecule has 0 radical (unpaired) electrons. The SMILES string of the molecule is CC(C)(C)c1cc(Br)c(C(C)(C)CCCCCCCCCCC(C)(C)c2c(Br)cc(C(C)(C)C)cc2C(C)(C)C)c(C(C)(C)C)c1. The molecule has 0 unspecified atom stereocenters. The molecule has 0 fully saturated rings. The highest BCUT2D eigenvalue weighted by atomic mass is 79.9. The van der Waals surface area contributed by atoms with Crippen molar-refractivity contribution in [1.82, 2.24) is 0 Å². The lowest BCUT2D eigenvalue weighted by atomic mass is 9.70. The summed E-state index contributed by atoms with van der Waals surface area (Å²) in [6.45, 7) is 38.0. The summed E-state index contributed by atoms with van der Waals surface area (Å²) < 4.78 is 2.59. The van der Waals surface area contributed by atoms with Crippen molar-refractivity contribution in [3.8, 4) is 0 Å². The van der Waals surface area contributed by atoms with Crippen molar-refractivity contribution in [2.45, 2.75) is 207 Å². The van der Waals surface area contributed by atoms with Crippen LogP contribution in [0.1, 0.15) is 208 Å². The Kier molecular flexibility index (Phi) is 14.0. The van der Waals surface area contributed by atoms with Crippen LogP contribution in [0.4, 0.5) is 0 Å². The third-order valence-electron chi connectivity index (χ3n) is 10.2. The van der Waals surface area contributed by atoms with Crippen LogP contribution in [-0.2, 0) is 32.5 Å². The number of unbranched alkanes of at least 4 members (excludes halogenated alkanes) is 7. The molecule has 2 rings (SSSR count). The molecule has 0 nitrogen and oxygen atoms in total. The van der Waals surface area contributed by atoms with Crippen LogP contribution in [0.25, 0.3) is 0 Å². The number of hydrogen-bond donors (Lipinski definition) is 0. The molecule has 0 heterocycles. The molecular weight excluding hydrogens is 688 g/mol. The van der Waals surface area contributed by atoms with E-state index in [1.807, 2.05) is 0 Å². The molecule has 46 heavy (non-hydrogen) atoms. The molecule has 0 bridgehead atoms. The number of hydrogen-bond acceptors (Lipinski definition) is 0. The van der Waals surface area contributed by atoms with Crippen molar-refractivity contribution in [2.75, 3.05) is 0 Å².